The van der Waals surface area contributed by atoms with E-state index in [1.54, 1.807) is 0 Å². The molecule has 3 N–H and O–H groups in total. The van der Waals surface area contributed by atoms with Gasteiger partial charge in [0.2, 0.25) is 0 Å². The Morgan fingerprint density at radius 3 is 2.84 bits per heavy atom. The standard InChI is InChI=1S/C12H21N5OS/c1-8-6-17(7-12(2,3)18-8)10-5-9(16-13)14-11(15-10)19-4/h5,8H,6-7,13H2,1-4H3,(H,14,15,16). The average molecular weight is 283 g/mol. The highest BCUT2D eigenvalue weighted by molar-refractivity contribution is 7.98. The van der Waals surface area contributed by atoms with Gasteiger partial charge in [-0.25, -0.2) is 15.8 Å². The molecule has 1 aliphatic heterocycles. The smallest absolute Gasteiger partial charge is 0.191 e. The Hall–Kier alpha value is -1.05. The van der Waals surface area contributed by atoms with Gasteiger partial charge in [-0.1, -0.05) is 11.8 Å². The molecule has 0 amide bonds. The highest BCUT2D eigenvalue weighted by Gasteiger charge is 2.32. The van der Waals surface area contributed by atoms with E-state index in [1.807, 2.05) is 12.3 Å². The Bertz CT molecular complexity index is 431. The molecule has 1 aromatic rings. The van der Waals surface area contributed by atoms with Crippen LogP contribution >= 0.6 is 11.8 Å². The molecule has 106 valence electrons. The maximum absolute atomic E-state index is 5.91. The molecule has 1 atom stereocenters. The number of anilines is 2. The van der Waals surface area contributed by atoms with Gasteiger partial charge in [0.05, 0.1) is 11.7 Å². The Morgan fingerprint density at radius 2 is 2.26 bits per heavy atom. The van der Waals surface area contributed by atoms with E-state index in [4.69, 9.17) is 10.6 Å². The summed E-state index contributed by atoms with van der Waals surface area (Å²) in [4.78, 5) is 11.0. The van der Waals surface area contributed by atoms with Gasteiger partial charge in [-0.3, -0.25) is 0 Å². The lowest BCUT2D eigenvalue weighted by Crippen LogP contribution is -2.52. The lowest BCUT2D eigenvalue weighted by atomic mass is 10.1. The van der Waals surface area contributed by atoms with Crippen molar-refractivity contribution in [3.8, 4) is 0 Å². The lowest BCUT2D eigenvalue weighted by Gasteiger charge is -2.42. The zero-order valence-corrected chi connectivity index (χ0v) is 12.6. The SMILES string of the molecule is CSc1nc(NN)cc(N2CC(C)OC(C)(C)C2)n1. The third kappa shape index (κ3) is 3.49. The zero-order valence-electron chi connectivity index (χ0n) is 11.8. The summed E-state index contributed by atoms with van der Waals surface area (Å²) in [6.07, 6.45) is 2.12. The van der Waals surface area contributed by atoms with Gasteiger partial charge in [-0.05, 0) is 27.0 Å². The monoisotopic (exact) mass is 283 g/mol. The molecular formula is C12H21N5OS. The number of hydrogen-bond donors (Lipinski definition) is 2. The first-order valence-electron chi connectivity index (χ1n) is 6.26. The third-order valence-electron chi connectivity index (χ3n) is 2.92. The van der Waals surface area contributed by atoms with Crippen LogP contribution in [0, 0.1) is 0 Å². The molecule has 0 aliphatic carbocycles. The number of hydrazine groups is 1. The molecule has 1 saturated heterocycles. The van der Waals surface area contributed by atoms with Crippen LogP contribution in [0.5, 0.6) is 0 Å². The Kier molecular flexibility index (Phi) is 4.17. The number of nitrogens with two attached hydrogens (primary N) is 1. The molecule has 1 unspecified atom stereocenters. The molecule has 0 aromatic carbocycles. The van der Waals surface area contributed by atoms with Crippen LogP contribution in [0.4, 0.5) is 11.6 Å². The number of nitrogens with one attached hydrogen (secondary N) is 1. The molecule has 6 nitrogen and oxygen atoms in total. The molecule has 0 spiro atoms. The van der Waals surface area contributed by atoms with Gasteiger partial charge < -0.3 is 15.1 Å². The molecule has 0 saturated carbocycles. The molecule has 0 radical (unpaired) electrons. The number of nitrogen functional groups attached to an aromatic ring is 1. The van der Waals surface area contributed by atoms with Gasteiger partial charge in [0.25, 0.3) is 0 Å². The normalized spacial score (nSPS) is 22.4. The van der Waals surface area contributed by atoms with Gasteiger partial charge in [0.15, 0.2) is 5.16 Å². The van der Waals surface area contributed by atoms with E-state index >= 15 is 0 Å². The number of thioether (sulfide) groups is 1. The average Bonchev–Trinajstić information content (AvgIpc) is 2.35. The molecule has 19 heavy (non-hydrogen) atoms. The molecule has 0 bridgehead atoms. The minimum Gasteiger partial charge on any atom is -0.369 e. The number of hydrogen-bond acceptors (Lipinski definition) is 7. The van der Waals surface area contributed by atoms with Crippen molar-refractivity contribution < 1.29 is 4.74 Å². The molecular weight excluding hydrogens is 262 g/mol. The van der Waals surface area contributed by atoms with Gasteiger partial charge in [0, 0.05) is 19.2 Å². The van der Waals surface area contributed by atoms with Crippen molar-refractivity contribution in [2.75, 3.05) is 29.7 Å². The summed E-state index contributed by atoms with van der Waals surface area (Å²) in [5.74, 6) is 6.98. The van der Waals surface area contributed by atoms with Crippen LogP contribution in [0.3, 0.4) is 0 Å². The van der Waals surface area contributed by atoms with E-state index in [1.165, 1.54) is 11.8 Å². The van der Waals surface area contributed by atoms with E-state index in [9.17, 15) is 0 Å². The van der Waals surface area contributed by atoms with Crippen molar-refractivity contribution in [3.05, 3.63) is 6.07 Å². The summed E-state index contributed by atoms with van der Waals surface area (Å²) in [6.45, 7) is 7.87. The van der Waals surface area contributed by atoms with Crippen LogP contribution < -0.4 is 16.2 Å². The molecule has 2 rings (SSSR count). The van der Waals surface area contributed by atoms with Crippen molar-refractivity contribution in [3.63, 3.8) is 0 Å². The van der Waals surface area contributed by atoms with Crippen molar-refractivity contribution in [1.82, 2.24) is 9.97 Å². The third-order valence-corrected chi connectivity index (χ3v) is 3.46. The Labute approximate surface area is 118 Å². The fourth-order valence-corrected chi connectivity index (χ4v) is 2.74. The first-order chi connectivity index (χ1) is 8.93. The first kappa shape index (κ1) is 14.4. The molecule has 7 heteroatoms. The van der Waals surface area contributed by atoms with Gasteiger partial charge in [-0.15, -0.1) is 0 Å². The number of nitrogens with zero attached hydrogens (tertiary/aromatic N) is 3. The van der Waals surface area contributed by atoms with E-state index in [2.05, 4.69) is 41.1 Å². The summed E-state index contributed by atoms with van der Waals surface area (Å²) in [7, 11) is 0. The quantitative estimate of drug-likeness (QED) is 0.376. The fraction of sp³-hybridized carbons (Fsp3) is 0.667. The minimum atomic E-state index is -0.182. The maximum Gasteiger partial charge on any atom is 0.191 e. The van der Waals surface area contributed by atoms with Gasteiger partial charge >= 0.3 is 0 Å². The second-order valence-corrected chi connectivity index (χ2v) is 6.08. The first-order valence-corrected chi connectivity index (χ1v) is 7.48. The lowest BCUT2D eigenvalue weighted by molar-refractivity contribution is -0.0752. The van der Waals surface area contributed by atoms with Crippen LogP contribution in [0.1, 0.15) is 20.8 Å². The maximum atomic E-state index is 5.91. The van der Waals surface area contributed by atoms with Crippen LogP contribution in [-0.2, 0) is 4.74 Å². The van der Waals surface area contributed by atoms with Crippen molar-refractivity contribution in [2.24, 2.45) is 5.84 Å². The zero-order chi connectivity index (χ0) is 14.0. The molecule has 2 heterocycles. The van der Waals surface area contributed by atoms with E-state index in [0.717, 1.165) is 18.9 Å². The van der Waals surface area contributed by atoms with E-state index < -0.39 is 0 Å². The fourth-order valence-electron chi connectivity index (χ4n) is 2.37. The van der Waals surface area contributed by atoms with Crippen LogP contribution in [0.25, 0.3) is 0 Å². The van der Waals surface area contributed by atoms with Crippen LogP contribution in [0.2, 0.25) is 0 Å². The van der Waals surface area contributed by atoms with Crippen molar-refractivity contribution in [1.29, 1.82) is 0 Å². The van der Waals surface area contributed by atoms with Crippen LogP contribution in [0.15, 0.2) is 11.2 Å². The summed E-state index contributed by atoms with van der Waals surface area (Å²) in [5.41, 5.74) is 2.41. The van der Waals surface area contributed by atoms with E-state index in [-0.39, 0.29) is 11.7 Å². The number of morpholine rings is 1. The van der Waals surface area contributed by atoms with E-state index in [0.29, 0.717) is 11.0 Å². The second kappa shape index (κ2) is 5.52. The highest BCUT2D eigenvalue weighted by atomic mass is 32.2. The highest BCUT2D eigenvalue weighted by Crippen LogP contribution is 2.27. The Balaban J connectivity index is 2.29. The number of aromatic nitrogens is 2. The summed E-state index contributed by atoms with van der Waals surface area (Å²) >= 11 is 1.50. The van der Waals surface area contributed by atoms with Crippen molar-refractivity contribution >= 4 is 23.4 Å². The predicted octanol–water partition coefficient (Wildman–Crippen LogP) is 1.49. The summed E-state index contributed by atoms with van der Waals surface area (Å²) in [5, 5.41) is 0.711. The minimum absolute atomic E-state index is 0.172. The Morgan fingerprint density at radius 1 is 1.53 bits per heavy atom. The second-order valence-electron chi connectivity index (χ2n) is 5.31. The summed E-state index contributed by atoms with van der Waals surface area (Å²) in [6, 6.07) is 1.87. The van der Waals surface area contributed by atoms with Crippen molar-refractivity contribution in [2.45, 2.75) is 37.6 Å². The van der Waals surface area contributed by atoms with Gasteiger partial charge in [0.1, 0.15) is 11.6 Å². The predicted molar refractivity (Wildman–Crippen MR) is 78.5 cm³/mol. The topological polar surface area (TPSA) is 76.3 Å². The molecule has 1 aliphatic rings. The number of rotatable bonds is 3. The van der Waals surface area contributed by atoms with Gasteiger partial charge in [-0.2, -0.15) is 0 Å². The number of ether oxygens (including phenoxy) is 1. The van der Waals surface area contributed by atoms with Crippen LogP contribution in [-0.4, -0.2) is 41.0 Å². The molecule has 1 aromatic heterocycles. The molecule has 1 fully saturated rings. The largest absolute Gasteiger partial charge is 0.369 e. The summed E-state index contributed by atoms with van der Waals surface area (Å²) < 4.78 is 5.91.